The van der Waals surface area contributed by atoms with Crippen LogP contribution in [0.5, 0.6) is 0 Å². The molecule has 9 rings (SSSR count). The molecule has 12 heteroatoms. The second-order valence-electron chi connectivity index (χ2n) is 12.2. The van der Waals surface area contributed by atoms with Gasteiger partial charge in [0.15, 0.2) is 0 Å². The molecule has 0 saturated carbocycles. The number of thiazole rings is 2. The number of aromatic nitrogens is 2. The number of rotatable bonds is 6. The summed E-state index contributed by atoms with van der Waals surface area (Å²) in [6.45, 7) is 0. The van der Waals surface area contributed by atoms with Crippen LogP contribution in [0.15, 0.2) is 143 Å². The van der Waals surface area contributed by atoms with Crippen LogP contribution < -0.4 is 0 Å². The molecule has 0 bridgehead atoms. The topological polar surface area (TPSA) is 135 Å². The largest absolute Gasteiger partial charge is 0.295 e. The smallest absolute Gasteiger partial charge is 0.282 e. The maximum absolute atomic E-state index is 12.9. The number of nitrogens with zero attached hydrogens (tertiary/aromatic N) is 2. The van der Waals surface area contributed by atoms with Gasteiger partial charge in [-0.3, -0.25) is 9.11 Å². The first-order chi connectivity index (χ1) is 25.0. The molecule has 0 unspecified atom stereocenters. The van der Waals surface area contributed by atoms with Gasteiger partial charge in [0.1, 0.15) is 19.8 Å². The molecule has 8 nitrogen and oxygen atoms in total. The van der Waals surface area contributed by atoms with E-state index >= 15 is 0 Å². The molecule has 0 aliphatic heterocycles. The number of fused-ring (bicyclic) bond motifs is 4. The van der Waals surface area contributed by atoms with Crippen LogP contribution in [0, 0.1) is 0 Å². The monoisotopic (exact) mass is 756 g/mol. The maximum Gasteiger partial charge on any atom is 0.295 e. The van der Waals surface area contributed by atoms with Crippen LogP contribution in [0.25, 0.3) is 85.4 Å². The van der Waals surface area contributed by atoms with E-state index in [4.69, 9.17) is 0 Å². The van der Waals surface area contributed by atoms with E-state index in [0.717, 1.165) is 53.1 Å². The van der Waals surface area contributed by atoms with E-state index in [1.807, 2.05) is 109 Å². The Hall–Kier alpha value is -5.34. The van der Waals surface area contributed by atoms with Crippen molar-refractivity contribution in [1.29, 1.82) is 0 Å². The van der Waals surface area contributed by atoms with Crippen LogP contribution >= 0.6 is 22.7 Å². The lowest BCUT2D eigenvalue weighted by Gasteiger charge is -2.19. The Morgan fingerprint density at radius 1 is 0.442 bits per heavy atom. The highest BCUT2D eigenvalue weighted by atomic mass is 32.2. The summed E-state index contributed by atoms with van der Waals surface area (Å²) < 4.78 is 74.6. The molecular weight excluding hydrogens is 733 g/mol. The Balaban J connectivity index is 1.28. The van der Waals surface area contributed by atoms with Crippen LogP contribution in [0.3, 0.4) is 0 Å². The SMILES string of the molecule is O=S(=O)(O)c1cc(-c2c3ccccc3c(-c3ccc(-c4nc5ccccc5s4)c(S(=O)(=O)O)c3)c3ccccc23)ccc1-c1nc2ccccc2s1. The number of hydrogen-bond acceptors (Lipinski definition) is 8. The quantitative estimate of drug-likeness (QED) is 0.126. The van der Waals surface area contributed by atoms with Crippen molar-refractivity contribution in [3.8, 4) is 43.4 Å². The summed E-state index contributed by atoms with van der Waals surface area (Å²) in [7, 11) is -9.36. The van der Waals surface area contributed by atoms with E-state index in [1.54, 1.807) is 12.1 Å². The summed E-state index contributed by atoms with van der Waals surface area (Å²) in [4.78, 5) is 8.77. The predicted molar refractivity (Wildman–Crippen MR) is 209 cm³/mol. The molecule has 0 aliphatic carbocycles. The average molecular weight is 757 g/mol. The molecule has 0 fully saturated rings. The first-order valence-corrected chi connectivity index (χ1v) is 20.4. The summed E-state index contributed by atoms with van der Waals surface area (Å²) in [5.74, 6) is 0. The third-order valence-corrected chi connectivity index (χ3v) is 13.0. The molecule has 0 aliphatic rings. The Bertz CT molecular complexity index is 2820. The lowest BCUT2D eigenvalue weighted by atomic mass is 9.85. The minimum Gasteiger partial charge on any atom is -0.282 e. The second kappa shape index (κ2) is 12.1. The fourth-order valence-electron chi connectivity index (χ4n) is 6.86. The lowest BCUT2D eigenvalue weighted by Crippen LogP contribution is -2.02. The summed E-state index contributed by atoms with van der Waals surface area (Å²) in [5, 5.41) is 4.02. The van der Waals surface area contributed by atoms with Gasteiger partial charge in [-0.2, -0.15) is 16.8 Å². The van der Waals surface area contributed by atoms with Gasteiger partial charge < -0.3 is 0 Å². The Kier molecular flexibility index (Phi) is 7.59. The summed E-state index contributed by atoms with van der Waals surface area (Å²) in [6.07, 6.45) is 0. The number of benzene rings is 7. The first kappa shape index (κ1) is 32.6. The van der Waals surface area contributed by atoms with Gasteiger partial charge in [-0.1, -0.05) is 84.9 Å². The zero-order valence-corrected chi connectivity index (χ0v) is 30.0. The molecule has 52 heavy (non-hydrogen) atoms. The van der Waals surface area contributed by atoms with Gasteiger partial charge in [0, 0.05) is 11.1 Å². The average Bonchev–Trinajstić information content (AvgIpc) is 3.78. The minimum atomic E-state index is -4.68. The molecule has 0 saturated heterocycles. The van der Waals surface area contributed by atoms with Gasteiger partial charge in [-0.05, 0) is 92.3 Å². The van der Waals surface area contributed by atoms with E-state index in [0.29, 0.717) is 32.3 Å². The molecule has 9 aromatic rings. The van der Waals surface area contributed by atoms with Crippen molar-refractivity contribution in [2.24, 2.45) is 0 Å². The fraction of sp³-hybridized carbons (Fsp3) is 0. The molecule has 2 aromatic heterocycles. The zero-order chi connectivity index (χ0) is 35.8. The van der Waals surface area contributed by atoms with Crippen molar-refractivity contribution in [3.63, 3.8) is 0 Å². The second-order valence-corrected chi connectivity index (χ2v) is 17.0. The third-order valence-electron chi connectivity index (χ3n) is 9.08. The molecule has 0 radical (unpaired) electrons. The third kappa shape index (κ3) is 5.48. The lowest BCUT2D eigenvalue weighted by molar-refractivity contribution is 0.481. The molecular formula is C40H24N2O6S4. The Morgan fingerprint density at radius 2 is 0.788 bits per heavy atom. The highest BCUT2D eigenvalue weighted by Gasteiger charge is 2.25. The van der Waals surface area contributed by atoms with Crippen LogP contribution in [0.1, 0.15) is 0 Å². The van der Waals surface area contributed by atoms with E-state index < -0.39 is 20.2 Å². The van der Waals surface area contributed by atoms with Gasteiger partial charge in [-0.15, -0.1) is 22.7 Å². The Labute approximate surface area is 305 Å². The van der Waals surface area contributed by atoms with Crippen molar-refractivity contribution in [2.75, 3.05) is 0 Å². The number of para-hydroxylation sites is 2. The summed E-state index contributed by atoms with van der Waals surface area (Å²) in [5.41, 5.74) is 4.62. The van der Waals surface area contributed by atoms with E-state index in [2.05, 4.69) is 9.97 Å². The summed E-state index contributed by atoms with van der Waals surface area (Å²) in [6, 6.07) is 40.2. The van der Waals surface area contributed by atoms with E-state index in [1.165, 1.54) is 34.8 Å². The molecule has 0 atom stereocenters. The van der Waals surface area contributed by atoms with Crippen molar-refractivity contribution in [1.82, 2.24) is 9.97 Å². The maximum atomic E-state index is 12.9. The van der Waals surface area contributed by atoms with Gasteiger partial charge in [-0.25, -0.2) is 9.97 Å². The van der Waals surface area contributed by atoms with Gasteiger partial charge >= 0.3 is 0 Å². The fourth-order valence-corrected chi connectivity index (χ4v) is 10.4. The van der Waals surface area contributed by atoms with Crippen LogP contribution in [-0.4, -0.2) is 35.9 Å². The molecule has 2 N–H and O–H groups in total. The molecule has 2 heterocycles. The van der Waals surface area contributed by atoms with Crippen LogP contribution in [-0.2, 0) is 20.2 Å². The standard InChI is InChI=1S/C40H24N2O6S4/c43-51(44,45)35-21-23(17-19-29(35)39-41-31-13-5-7-15-33(31)49-39)37-25-9-1-2-10-26(25)38(28-12-4-3-11-27(28)37)24-18-20-30(36(22-24)52(46,47)48)40-42-32-14-6-8-16-34(32)50-40/h1-22H,(H,43,44,45)(H,46,47,48). The zero-order valence-electron chi connectivity index (χ0n) is 26.8. The van der Waals surface area contributed by atoms with Crippen LogP contribution in [0.2, 0.25) is 0 Å². The van der Waals surface area contributed by atoms with Gasteiger partial charge in [0.2, 0.25) is 0 Å². The highest BCUT2D eigenvalue weighted by Crippen LogP contribution is 2.46. The van der Waals surface area contributed by atoms with Crippen molar-refractivity contribution in [2.45, 2.75) is 9.79 Å². The molecule has 0 spiro atoms. The van der Waals surface area contributed by atoms with E-state index in [9.17, 15) is 25.9 Å². The normalized spacial score (nSPS) is 12.3. The molecule has 0 amide bonds. The van der Waals surface area contributed by atoms with Gasteiger partial charge in [0.25, 0.3) is 20.2 Å². The Morgan fingerprint density at radius 3 is 1.13 bits per heavy atom. The minimum absolute atomic E-state index is 0.260. The molecule has 7 aromatic carbocycles. The van der Waals surface area contributed by atoms with Crippen molar-refractivity contribution < 1.29 is 25.9 Å². The van der Waals surface area contributed by atoms with Crippen molar-refractivity contribution >= 4 is 84.9 Å². The van der Waals surface area contributed by atoms with Gasteiger partial charge in [0.05, 0.1) is 20.4 Å². The number of hydrogen-bond donors (Lipinski definition) is 2. The summed E-state index contributed by atoms with van der Waals surface area (Å²) >= 11 is 2.68. The first-order valence-electron chi connectivity index (χ1n) is 15.9. The highest BCUT2D eigenvalue weighted by molar-refractivity contribution is 7.86. The predicted octanol–water partition coefficient (Wildman–Crippen LogP) is 10.4. The van der Waals surface area contributed by atoms with E-state index in [-0.39, 0.29) is 9.79 Å². The molecule has 254 valence electrons. The van der Waals surface area contributed by atoms with Crippen LogP contribution in [0.4, 0.5) is 0 Å². The van der Waals surface area contributed by atoms with Crippen molar-refractivity contribution in [3.05, 3.63) is 133 Å².